The van der Waals surface area contributed by atoms with Crippen LogP contribution < -0.4 is 4.90 Å². The minimum atomic E-state index is -0.863. The summed E-state index contributed by atoms with van der Waals surface area (Å²) >= 11 is 0. The average molecular weight is 283 g/mol. The topological polar surface area (TPSA) is 40.5 Å². The van der Waals surface area contributed by atoms with Crippen molar-refractivity contribution in [1.29, 1.82) is 0 Å². The van der Waals surface area contributed by atoms with E-state index in [0.717, 1.165) is 23.0 Å². The number of carboxylic acids is 1. The summed E-state index contributed by atoms with van der Waals surface area (Å²) in [5.74, 6) is -0.183. The van der Waals surface area contributed by atoms with Crippen molar-refractivity contribution in [2.45, 2.75) is 32.7 Å². The first-order valence-corrected chi connectivity index (χ1v) is 7.59. The largest absolute Gasteiger partial charge is 0.478 e. The van der Waals surface area contributed by atoms with Crippen LogP contribution in [0.4, 0.5) is 5.69 Å². The number of nitrogens with zero attached hydrogens (tertiary/aromatic N) is 1. The first kappa shape index (κ1) is 13.9. The van der Waals surface area contributed by atoms with Crippen LogP contribution in [0, 0.1) is 5.92 Å². The Kier molecular flexibility index (Phi) is 3.58. The van der Waals surface area contributed by atoms with E-state index >= 15 is 0 Å². The molecule has 1 aliphatic heterocycles. The van der Waals surface area contributed by atoms with Gasteiger partial charge >= 0.3 is 5.97 Å². The summed E-state index contributed by atoms with van der Waals surface area (Å²) in [6.45, 7) is 5.58. The number of carbonyl (C=O) groups is 1. The van der Waals surface area contributed by atoms with Crippen LogP contribution in [0.1, 0.15) is 37.0 Å². The van der Waals surface area contributed by atoms with E-state index in [9.17, 15) is 9.90 Å². The van der Waals surface area contributed by atoms with Crippen LogP contribution in [0.2, 0.25) is 0 Å². The Balaban J connectivity index is 2.15. The van der Waals surface area contributed by atoms with Crippen molar-refractivity contribution in [1.82, 2.24) is 0 Å². The molecule has 3 heteroatoms. The summed E-state index contributed by atoms with van der Waals surface area (Å²) in [6.07, 6.45) is 2.46. The molecule has 1 aliphatic rings. The fourth-order valence-electron chi connectivity index (χ4n) is 3.34. The maximum atomic E-state index is 11.4. The predicted octanol–water partition coefficient (Wildman–Crippen LogP) is 4.16. The van der Waals surface area contributed by atoms with Crippen molar-refractivity contribution in [2.75, 3.05) is 11.4 Å². The zero-order valence-corrected chi connectivity index (χ0v) is 12.5. The Labute approximate surface area is 125 Å². The van der Waals surface area contributed by atoms with Gasteiger partial charge in [-0.1, -0.05) is 31.2 Å². The molecule has 0 bridgehead atoms. The van der Waals surface area contributed by atoms with Gasteiger partial charge in [-0.15, -0.1) is 0 Å². The highest BCUT2D eigenvalue weighted by molar-refractivity contribution is 6.07. The van der Waals surface area contributed by atoms with E-state index in [1.807, 2.05) is 30.3 Å². The minimum absolute atomic E-state index is 0.382. The van der Waals surface area contributed by atoms with Gasteiger partial charge in [0.25, 0.3) is 0 Å². The van der Waals surface area contributed by atoms with Crippen LogP contribution in [0.5, 0.6) is 0 Å². The Morgan fingerprint density at radius 3 is 2.52 bits per heavy atom. The highest BCUT2D eigenvalue weighted by Crippen LogP contribution is 2.34. The number of carboxylic acid groups (broad SMARTS) is 1. The van der Waals surface area contributed by atoms with Gasteiger partial charge in [0.1, 0.15) is 0 Å². The summed E-state index contributed by atoms with van der Waals surface area (Å²) in [7, 11) is 0. The smallest absolute Gasteiger partial charge is 0.336 e. The number of piperidine rings is 1. The van der Waals surface area contributed by atoms with Gasteiger partial charge in [-0.3, -0.25) is 0 Å². The third kappa shape index (κ3) is 2.48. The van der Waals surface area contributed by atoms with Crippen molar-refractivity contribution in [3.05, 3.63) is 42.0 Å². The molecule has 1 fully saturated rings. The SMILES string of the molecule is CC1CCC(C)N(c2ccc(C(=O)O)c3ccccc23)C1. The van der Waals surface area contributed by atoms with Gasteiger partial charge in [0.05, 0.1) is 5.56 Å². The highest BCUT2D eigenvalue weighted by atomic mass is 16.4. The van der Waals surface area contributed by atoms with Crippen LogP contribution in [0.15, 0.2) is 36.4 Å². The molecule has 1 saturated heterocycles. The molecule has 2 aromatic rings. The zero-order chi connectivity index (χ0) is 15.0. The maximum Gasteiger partial charge on any atom is 0.336 e. The summed E-state index contributed by atoms with van der Waals surface area (Å²) in [4.78, 5) is 13.8. The van der Waals surface area contributed by atoms with E-state index < -0.39 is 5.97 Å². The van der Waals surface area contributed by atoms with Gasteiger partial charge in [-0.05, 0) is 43.2 Å². The third-order valence-corrected chi connectivity index (χ3v) is 4.56. The summed E-state index contributed by atoms with van der Waals surface area (Å²) in [5.41, 5.74) is 1.54. The number of rotatable bonds is 2. The molecule has 0 radical (unpaired) electrons. The number of aromatic carboxylic acids is 1. The quantitative estimate of drug-likeness (QED) is 0.899. The van der Waals surface area contributed by atoms with Crippen LogP contribution in [-0.4, -0.2) is 23.7 Å². The lowest BCUT2D eigenvalue weighted by Crippen LogP contribution is -2.41. The molecule has 2 atom stereocenters. The summed E-state index contributed by atoms with van der Waals surface area (Å²) < 4.78 is 0. The molecule has 2 unspecified atom stereocenters. The fourth-order valence-corrected chi connectivity index (χ4v) is 3.34. The van der Waals surface area contributed by atoms with Gasteiger partial charge in [0.15, 0.2) is 0 Å². The van der Waals surface area contributed by atoms with E-state index in [0.29, 0.717) is 17.5 Å². The molecule has 110 valence electrons. The molecule has 1 N–H and O–H groups in total. The lowest BCUT2D eigenvalue weighted by Gasteiger charge is -2.39. The second-order valence-electron chi connectivity index (χ2n) is 6.17. The van der Waals surface area contributed by atoms with Crippen LogP contribution in [0.25, 0.3) is 10.8 Å². The monoisotopic (exact) mass is 283 g/mol. The molecule has 21 heavy (non-hydrogen) atoms. The van der Waals surface area contributed by atoms with Crippen LogP contribution >= 0.6 is 0 Å². The molecule has 0 spiro atoms. The lowest BCUT2D eigenvalue weighted by molar-refractivity contribution is 0.0699. The number of anilines is 1. The number of hydrogen-bond acceptors (Lipinski definition) is 2. The molecule has 0 aliphatic carbocycles. The van der Waals surface area contributed by atoms with Crippen molar-refractivity contribution < 1.29 is 9.90 Å². The molecule has 3 rings (SSSR count). The Morgan fingerprint density at radius 2 is 1.81 bits per heavy atom. The molecule has 2 aromatic carbocycles. The molecular formula is C18H21NO2. The van der Waals surface area contributed by atoms with Gasteiger partial charge in [-0.2, -0.15) is 0 Å². The van der Waals surface area contributed by atoms with E-state index in [4.69, 9.17) is 0 Å². The summed E-state index contributed by atoms with van der Waals surface area (Å²) in [6, 6.07) is 12.0. The number of hydrogen-bond donors (Lipinski definition) is 1. The highest BCUT2D eigenvalue weighted by Gasteiger charge is 2.25. The molecule has 3 nitrogen and oxygen atoms in total. The van der Waals surface area contributed by atoms with E-state index in [1.165, 1.54) is 12.8 Å². The molecule has 0 saturated carbocycles. The first-order valence-electron chi connectivity index (χ1n) is 7.59. The zero-order valence-electron chi connectivity index (χ0n) is 12.5. The van der Waals surface area contributed by atoms with Crippen molar-refractivity contribution >= 4 is 22.4 Å². The second kappa shape index (κ2) is 5.40. The standard InChI is InChI=1S/C18H21NO2/c1-12-7-8-13(2)19(11-12)17-10-9-16(18(20)21)14-5-3-4-6-15(14)17/h3-6,9-10,12-13H,7-8,11H2,1-2H3,(H,20,21). The lowest BCUT2D eigenvalue weighted by atomic mass is 9.93. The minimum Gasteiger partial charge on any atom is -0.478 e. The molecular weight excluding hydrogens is 262 g/mol. The van der Waals surface area contributed by atoms with E-state index in [2.05, 4.69) is 18.7 Å². The molecule has 0 aromatic heterocycles. The summed E-state index contributed by atoms with van der Waals surface area (Å²) in [5, 5.41) is 11.2. The van der Waals surface area contributed by atoms with Crippen molar-refractivity contribution in [3.63, 3.8) is 0 Å². The van der Waals surface area contributed by atoms with Gasteiger partial charge in [0.2, 0.25) is 0 Å². The van der Waals surface area contributed by atoms with E-state index in [-0.39, 0.29) is 0 Å². The van der Waals surface area contributed by atoms with Crippen molar-refractivity contribution in [2.24, 2.45) is 5.92 Å². The normalized spacial score (nSPS) is 22.5. The third-order valence-electron chi connectivity index (χ3n) is 4.56. The Hall–Kier alpha value is -2.03. The maximum absolute atomic E-state index is 11.4. The van der Waals surface area contributed by atoms with Gasteiger partial charge in [0, 0.05) is 23.7 Å². The Bertz CT molecular complexity index is 680. The predicted molar refractivity (Wildman–Crippen MR) is 86.1 cm³/mol. The Morgan fingerprint density at radius 1 is 1.10 bits per heavy atom. The van der Waals surface area contributed by atoms with Crippen molar-refractivity contribution in [3.8, 4) is 0 Å². The van der Waals surface area contributed by atoms with Crippen LogP contribution in [0.3, 0.4) is 0 Å². The molecule has 1 heterocycles. The van der Waals surface area contributed by atoms with E-state index in [1.54, 1.807) is 6.07 Å². The first-order chi connectivity index (χ1) is 10.1. The number of benzene rings is 2. The second-order valence-corrected chi connectivity index (χ2v) is 6.17. The average Bonchev–Trinajstić information content (AvgIpc) is 2.48. The van der Waals surface area contributed by atoms with Gasteiger partial charge < -0.3 is 10.0 Å². The fraction of sp³-hybridized carbons (Fsp3) is 0.389. The van der Waals surface area contributed by atoms with Gasteiger partial charge in [-0.25, -0.2) is 4.79 Å². The molecule has 0 amide bonds. The number of fused-ring (bicyclic) bond motifs is 1. The van der Waals surface area contributed by atoms with Crippen LogP contribution in [-0.2, 0) is 0 Å².